The Labute approximate surface area is 129 Å². The molecule has 0 atom stereocenters. The summed E-state index contributed by atoms with van der Waals surface area (Å²) >= 11 is 3.39. The van der Waals surface area contributed by atoms with E-state index in [9.17, 15) is 13.2 Å². The van der Waals surface area contributed by atoms with Crippen molar-refractivity contribution < 1.29 is 13.2 Å². The topological polar surface area (TPSA) is 3.24 Å². The summed E-state index contributed by atoms with van der Waals surface area (Å²) in [5, 5.41) is 0. The van der Waals surface area contributed by atoms with Crippen LogP contribution in [0.5, 0.6) is 0 Å². The molecule has 0 amide bonds. The Morgan fingerprint density at radius 1 is 1.10 bits per heavy atom. The number of anilines is 2. The predicted octanol–water partition coefficient (Wildman–Crippen LogP) is 6.06. The van der Waals surface area contributed by atoms with Crippen LogP contribution in [-0.2, 0) is 6.18 Å². The summed E-state index contributed by atoms with van der Waals surface area (Å²) in [6.07, 6.45) is -2.75. The van der Waals surface area contributed by atoms with E-state index < -0.39 is 11.7 Å². The number of benzene rings is 2. The zero-order valence-electron chi connectivity index (χ0n) is 11.3. The van der Waals surface area contributed by atoms with Crippen molar-refractivity contribution in [2.24, 2.45) is 0 Å². The molecule has 0 aliphatic carbocycles. The standard InChI is InChI=1S/C16H13BrF3N/c1-3-21(15-10-13(17)7-4-11(15)2)14-8-5-12(6-9-14)16(18,19)20/h3-10H,1H2,2H3. The van der Waals surface area contributed by atoms with Crippen molar-refractivity contribution in [3.8, 4) is 0 Å². The molecule has 21 heavy (non-hydrogen) atoms. The largest absolute Gasteiger partial charge is 0.416 e. The van der Waals surface area contributed by atoms with Crippen molar-refractivity contribution in [3.05, 3.63) is 70.8 Å². The molecule has 2 aromatic carbocycles. The molecule has 0 aliphatic heterocycles. The first kappa shape index (κ1) is 15.6. The summed E-state index contributed by atoms with van der Waals surface area (Å²) < 4.78 is 38.7. The van der Waals surface area contributed by atoms with E-state index in [1.54, 1.807) is 11.1 Å². The third kappa shape index (κ3) is 3.47. The van der Waals surface area contributed by atoms with Gasteiger partial charge in [0.15, 0.2) is 0 Å². The lowest BCUT2D eigenvalue weighted by Crippen LogP contribution is -2.10. The van der Waals surface area contributed by atoms with Crippen LogP contribution < -0.4 is 4.90 Å². The Morgan fingerprint density at radius 3 is 2.24 bits per heavy atom. The highest BCUT2D eigenvalue weighted by atomic mass is 79.9. The van der Waals surface area contributed by atoms with Crippen molar-refractivity contribution in [3.63, 3.8) is 0 Å². The van der Waals surface area contributed by atoms with Gasteiger partial charge in [0.1, 0.15) is 0 Å². The molecule has 2 rings (SSSR count). The SMILES string of the molecule is C=CN(c1ccc(C(F)(F)F)cc1)c1cc(Br)ccc1C. The van der Waals surface area contributed by atoms with Gasteiger partial charge >= 0.3 is 6.18 Å². The fraction of sp³-hybridized carbons (Fsp3) is 0.125. The van der Waals surface area contributed by atoms with Gasteiger partial charge in [0, 0.05) is 22.0 Å². The molecule has 0 heterocycles. The molecule has 0 saturated heterocycles. The summed E-state index contributed by atoms with van der Waals surface area (Å²) in [7, 11) is 0. The third-order valence-electron chi connectivity index (χ3n) is 3.09. The number of nitrogens with zero attached hydrogens (tertiary/aromatic N) is 1. The van der Waals surface area contributed by atoms with Crippen LogP contribution in [0.25, 0.3) is 0 Å². The minimum Gasteiger partial charge on any atom is -0.317 e. The maximum absolute atomic E-state index is 12.6. The van der Waals surface area contributed by atoms with E-state index in [0.717, 1.165) is 27.9 Å². The van der Waals surface area contributed by atoms with Gasteiger partial charge in [0.2, 0.25) is 0 Å². The molecule has 2 aromatic rings. The average molecular weight is 356 g/mol. The Morgan fingerprint density at radius 2 is 1.71 bits per heavy atom. The van der Waals surface area contributed by atoms with Crippen molar-refractivity contribution in [2.45, 2.75) is 13.1 Å². The van der Waals surface area contributed by atoms with Gasteiger partial charge in [-0.25, -0.2) is 0 Å². The van der Waals surface area contributed by atoms with Crippen molar-refractivity contribution >= 4 is 27.3 Å². The van der Waals surface area contributed by atoms with Crippen LogP contribution in [-0.4, -0.2) is 0 Å². The molecule has 0 spiro atoms. The zero-order chi connectivity index (χ0) is 15.6. The highest BCUT2D eigenvalue weighted by Gasteiger charge is 2.30. The lowest BCUT2D eigenvalue weighted by Gasteiger charge is -2.23. The third-order valence-corrected chi connectivity index (χ3v) is 3.58. The monoisotopic (exact) mass is 355 g/mol. The minimum atomic E-state index is -4.33. The second kappa shape index (κ2) is 5.93. The van der Waals surface area contributed by atoms with Gasteiger partial charge in [0.25, 0.3) is 0 Å². The summed E-state index contributed by atoms with van der Waals surface area (Å²) in [5.74, 6) is 0. The lowest BCUT2D eigenvalue weighted by atomic mass is 10.1. The molecule has 5 heteroatoms. The molecule has 0 radical (unpaired) electrons. The molecule has 0 aliphatic rings. The summed E-state index contributed by atoms with van der Waals surface area (Å²) in [6.45, 7) is 5.68. The number of halogens is 4. The van der Waals surface area contributed by atoms with Gasteiger partial charge in [-0.05, 0) is 48.9 Å². The van der Waals surface area contributed by atoms with Crippen LogP contribution in [0.1, 0.15) is 11.1 Å². The van der Waals surface area contributed by atoms with Crippen LogP contribution in [0, 0.1) is 6.92 Å². The summed E-state index contributed by atoms with van der Waals surface area (Å²) in [6, 6.07) is 10.7. The molecule has 110 valence electrons. The van der Waals surface area contributed by atoms with E-state index in [-0.39, 0.29) is 0 Å². The van der Waals surface area contributed by atoms with E-state index in [1.807, 2.05) is 25.1 Å². The fourth-order valence-corrected chi connectivity index (χ4v) is 2.34. The van der Waals surface area contributed by atoms with Crippen molar-refractivity contribution in [1.29, 1.82) is 0 Å². The van der Waals surface area contributed by atoms with Gasteiger partial charge in [-0.2, -0.15) is 13.2 Å². The van der Waals surface area contributed by atoms with E-state index in [0.29, 0.717) is 5.69 Å². The summed E-state index contributed by atoms with van der Waals surface area (Å²) in [4.78, 5) is 1.75. The van der Waals surface area contributed by atoms with Gasteiger partial charge in [0.05, 0.1) is 5.56 Å². The van der Waals surface area contributed by atoms with Crippen LogP contribution in [0.3, 0.4) is 0 Å². The van der Waals surface area contributed by atoms with Crippen LogP contribution in [0.15, 0.2) is 59.7 Å². The zero-order valence-corrected chi connectivity index (χ0v) is 12.9. The molecule has 1 nitrogen and oxygen atoms in total. The number of hydrogen-bond donors (Lipinski definition) is 0. The molecule has 0 bridgehead atoms. The van der Waals surface area contributed by atoms with Crippen molar-refractivity contribution in [1.82, 2.24) is 0 Å². The minimum absolute atomic E-state index is 0.624. The Bertz CT molecular complexity index is 648. The normalized spacial score (nSPS) is 11.3. The Balaban J connectivity index is 2.42. The molecular formula is C16H13BrF3N. The predicted molar refractivity (Wildman–Crippen MR) is 82.7 cm³/mol. The van der Waals surface area contributed by atoms with Crippen LogP contribution in [0.2, 0.25) is 0 Å². The van der Waals surface area contributed by atoms with Gasteiger partial charge < -0.3 is 4.90 Å². The molecule has 0 fully saturated rings. The van der Waals surface area contributed by atoms with Gasteiger partial charge in [-0.15, -0.1) is 0 Å². The molecule has 0 saturated carbocycles. The van der Waals surface area contributed by atoms with E-state index in [4.69, 9.17) is 0 Å². The quantitative estimate of drug-likeness (QED) is 0.646. The first-order valence-electron chi connectivity index (χ1n) is 6.18. The highest BCUT2D eigenvalue weighted by Crippen LogP contribution is 2.34. The van der Waals surface area contributed by atoms with Crippen LogP contribution >= 0.6 is 15.9 Å². The van der Waals surface area contributed by atoms with Crippen LogP contribution in [0.4, 0.5) is 24.5 Å². The second-order valence-electron chi connectivity index (χ2n) is 4.53. The first-order valence-corrected chi connectivity index (χ1v) is 6.97. The number of rotatable bonds is 3. The molecule has 0 aromatic heterocycles. The van der Waals surface area contributed by atoms with E-state index >= 15 is 0 Å². The molecule has 0 unspecified atom stereocenters. The number of hydrogen-bond acceptors (Lipinski definition) is 1. The van der Waals surface area contributed by atoms with Crippen molar-refractivity contribution in [2.75, 3.05) is 4.90 Å². The maximum atomic E-state index is 12.6. The maximum Gasteiger partial charge on any atom is 0.416 e. The van der Waals surface area contributed by atoms with E-state index in [1.165, 1.54) is 12.1 Å². The average Bonchev–Trinajstić information content (AvgIpc) is 2.43. The highest BCUT2D eigenvalue weighted by molar-refractivity contribution is 9.10. The van der Waals surface area contributed by atoms with E-state index in [2.05, 4.69) is 22.5 Å². The lowest BCUT2D eigenvalue weighted by molar-refractivity contribution is -0.137. The Hall–Kier alpha value is -1.75. The number of alkyl halides is 3. The Kier molecular flexibility index (Phi) is 4.42. The smallest absolute Gasteiger partial charge is 0.317 e. The molecule has 0 N–H and O–H groups in total. The summed E-state index contributed by atoms with van der Waals surface area (Å²) in [5.41, 5.74) is 1.82. The number of aryl methyl sites for hydroxylation is 1. The van der Waals surface area contributed by atoms with Gasteiger partial charge in [-0.3, -0.25) is 0 Å². The fourth-order valence-electron chi connectivity index (χ4n) is 2.00. The second-order valence-corrected chi connectivity index (χ2v) is 5.44. The molecular weight excluding hydrogens is 343 g/mol. The van der Waals surface area contributed by atoms with Gasteiger partial charge in [-0.1, -0.05) is 28.6 Å². The first-order chi connectivity index (χ1) is 9.82.